The second-order valence-corrected chi connectivity index (χ2v) is 6.34. The minimum Gasteiger partial charge on any atom is -0.396 e. The van der Waals surface area contributed by atoms with Crippen LogP contribution >= 0.6 is 0 Å². The van der Waals surface area contributed by atoms with Crippen molar-refractivity contribution >= 4 is 0 Å². The molecule has 0 aliphatic heterocycles. The van der Waals surface area contributed by atoms with E-state index in [9.17, 15) is 35.7 Å². The Labute approximate surface area is 144 Å². The van der Waals surface area contributed by atoms with Crippen LogP contribution in [-0.4, -0.2) is 89.0 Å². The average molecular weight is 362 g/mol. The topological polar surface area (TPSA) is 169 Å². The van der Waals surface area contributed by atoms with Gasteiger partial charge in [0.15, 0.2) is 6.23 Å². The van der Waals surface area contributed by atoms with E-state index in [0.717, 1.165) is 0 Å². The maximum absolute atomic E-state index is 10.1. The van der Waals surface area contributed by atoms with Crippen molar-refractivity contribution in [3.8, 4) is 0 Å². The van der Waals surface area contributed by atoms with Gasteiger partial charge in [0.05, 0.1) is 24.9 Å². The van der Waals surface area contributed by atoms with Crippen LogP contribution in [0.15, 0.2) is 12.4 Å². The van der Waals surface area contributed by atoms with Gasteiger partial charge in [-0.3, -0.25) is 0 Å². The van der Waals surface area contributed by atoms with E-state index in [4.69, 9.17) is 4.74 Å². The lowest BCUT2D eigenvalue weighted by molar-refractivity contribution is -0.206. The zero-order valence-electron chi connectivity index (χ0n) is 13.8. The van der Waals surface area contributed by atoms with Gasteiger partial charge in [-0.1, -0.05) is 0 Å². The first-order valence-corrected chi connectivity index (χ1v) is 8.12. The fourth-order valence-electron chi connectivity index (χ4n) is 3.01. The van der Waals surface area contributed by atoms with Gasteiger partial charge in [0.25, 0.3) is 0 Å². The first-order chi connectivity index (χ1) is 11.8. The first-order valence-electron chi connectivity index (χ1n) is 8.12. The van der Waals surface area contributed by atoms with E-state index in [1.807, 2.05) is 0 Å². The number of nitrogens with zero attached hydrogens (tertiary/aromatic N) is 2. The van der Waals surface area contributed by atoms with Crippen LogP contribution in [-0.2, 0) is 4.74 Å². The third kappa shape index (κ3) is 4.18. The predicted molar refractivity (Wildman–Crippen MR) is 83.1 cm³/mol. The van der Waals surface area contributed by atoms with Gasteiger partial charge in [0, 0.05) is 24.9 Å². The Morgan fingerprint density at radius 3 is 2.44 bits per heavy atom. The molecule has 7 N–H and O–H groups in total. The van der Waals surface area contributed by atoms with Gasteiger partial charge in [0.1, 0.15) is 24.1 Å². The van der Waals surface area contributed by atoms with Crippen LogP contribution in [0.4, 0.5) is 0 Å². The molecule has 1 fully saturated rings. The summed E-state index contributed by atoms with van der Waals surface area (Å²) in [6.45, 7) is 0.459. The molecule has 1 aliphatic carbocycles. The Hall–Kier alpha value is -1.11. The molecule has 25 heavy (non-hydrogen) atoms. The quantitative estimate of drug-likeness (QED) is 0.272. The van der Waals surface area contributed by atoms with Gasteiger partial charge in [-0.15, -0.1) is 0 Å². The molecular formula is C15H26N2O8. The van der Waals surface area contributed by atoms with Gasteiger partial charge in [-0.2, -0.15) is 0 Å². The highest BCUT2D eigenvalue weighted by atomic mass is 16.5. The van der Waals surface area contributed by atoms with E-state index in [2.05, 4.69) is 4.98 Å². The predicted octanol–water partition coefficient (Wildman–Crippen LogP) is -2.73. The molecular weight excluding hydrogens is 336 g/mol. The number of aliphatic hydroxyl groups excluding tert-OH is 7. The van der Waals surface area contributed by atoms with Crippen molar-refractivity contribution < 1.29 is 40.5 Å². The van der Waals surface area contributed by atoms with Crippen molar-refractivity contribution in [1.29, 1.82) is 0 Å². The van der Waals surface area contributed by atoms with Crippen molar-refractivity contribution in [3.05, 3.63) is 18.2 Å². The van der Waals surface area contributed by atoms with E-state index < -0.39 is 62.0 Å². The summed E-state index contributed by atoms with van der Waals surface area (Å²) in [4.78, 5) is 3.95. The van der Waals surface area contributed by atoms with Crippen molar-refractivity contribution in [2.45, 2.75) is 56.2 Å². The molecule has 0 spiro atoms. The zero-order valence-corrected chi connectivity index (χ0v) is 13.8. The minimum atomic E-state index is -1.50. The fourth-order valence-corrected chi connectivity index (χ4v) is 3.01. The van der Waals surface area contributed by atoms with Crippen LogP contribution in [0.3, 0.4) is 0 Å². The maximum Gasteiger partial charge on any atom is 0.158 e. The van der Waals surface area contributed by atoms with Crippen molar-refractivity contribution in [1.82, 2.24) is 9.55 Å². The number of rotatable bonds is 7. The van der Waals surface area contributed by atoms with Crippen molar-refractivity contribution in [3.63, 3.8) is 0 Å². The molecule has 10 heteroatoms. The summed E-state index contributed by atoms with van der Waals surface area (Å²) in [7, 11) is 0. The second kappa shape index (κ2) is 8.52. The molecule has 0 bridgehead atoms. The summed E-state index contributed by atoms with van der Waals surface area (Å²) in [6.07, 6.45) is -5.76. The highest BCUT2D eigenvalue weighted by molar-refractivity contribution is 5.00. The van der Waals surface area contributed by atoms with Gasteiger partial charge >= 0.3 is 0 Å². The van der Waals surface area contributed by atoms with Crippen LogP contribution in [0, 0.1) is 5.92 Å². The molecule has 0 radical (unpaired) electrons. The van der Waals surface area contributed by atoms with E-state index in [-0.39, 0.29) is 12.2 Å². The molecule has 0 saturated heterocycles. The van der Waals surface area contributed by atoms with Crippen LogP contribution in [0.2, 0.25) is 0 Å². The van der Waals surface area contributed by atoms with Crippen LogP contribution in [0.5, 0.6) is 0 Å². The van der Waals surface area contributed by atoms with Crippen molar-refractivity contribution in [2.75, 3.05) is 13.2 Å². The van der Waals surface area contributed by atoms with E-state index in [1.165, 1.54) is 23.9 Å². The highest BCUT2D eigenvalue weighted by Gasteiger charge is 2.44. The lowest BCUT2D eigenvalue weighted by Gasteiger charge is -2.41. The molecule has 1 aromatic rings. The number of hydrogen-bond donors (Lipinski definition) is 7. The lowest BCUT2D eigenvalue weighted by Crippen LogP contribution is -2.55. The molecule has 10 nitrogen and oxygen atoms in total. The summed E-state index contributed by atoms with van der Waals surface area (Å²) in [6, 6.07) is 0. The number of ether oxygens (including phenoxy) is 1. The number of aliphatic hydroxyl groups is 7. The molecule has 8 unspecified atom stereocenters. The van der Waals surface area contributed by atoms with Crippen LogP contribution in [0.1, 0.15) is 31.5 Å². The minimum absolute atomic E-state index is 0.0649. The van der Waals surface area contributed by atoms with Crippen LogP contribution < -0.4 is 0 Å². The van der Waals surface area contributed by atoms with Gasteiger partial charge in [-0.25, -0.2) is 4.98 Å². The maximum atomic E-state index is 10.1. The molecule has 1 aliphatic rings. The lowest BCUT2D eigenvalue weighted by atomic mass is 9.81. The molecule has 1 heterocycles. The van der Waals surface area contributed by atoms with Gasteiger partial charge < -0.3 is 45.0 Å². The van der Waals surface area contributed by atoms with E-state index in [1.54, 1.807) is 0 Å². The van der Waals surface area contributed by atoms with Crippen molar-refractivity contribution in [2.24, 2.45) is 5.92 Å². The van der Waals surface area contributed by atoms with Crippen LogP contribution in [0.25, 0.3) is 0 Å². The standard InChI is InChI=1S/C15H26N2O8/c1-7(20)11(21)15-16-2-3-17(15)10(6-19)25-9-4-8(5-18)12(22)14(24)13(9)23/h2-3,7-14,18-24H,4-6H2,1H3. The molecule has 144 valence electrons. The van der Waals surface area contributed by atoms with E-state index in [0.29, 0.717) is 0 Å². The summed E-state index contributed by atoms with van der Waals surface area (Å²) >= 11 is 0. The Morgan fingerprint density at radius 2 is 1.88 bits per heavy atom. The summed E-state index contributed by atoms with van der Waals surface area (Å²) < 4.78 is 6.98. The summed E-state index contributed by atoms with van der Waals surface area (Å²) in [5.41, 5.74) is 0. The molecule has 0 aromatic carbocycles. The zero-order chi connectivity index (χ0) is 18.7. The Kier molecular flexibility index (Phi) is 6.88. The summed E-state index contributed by atoms with van der Waals surface area (Å²) in [5.74, 6) is -0.619. The summed E-state index contributed by atoms with van der Waals surface area (Å²) in [5, 5.41) is 68.3. The molecule has 2 rings (SSSR count). The SMILES string of the molecule is CC(O)C(O)c1nccn1C(CO)OC1CC(CO)C(O)C(O)C1O. The Bertz CT molecular complexity index is 537. The number of hydrogen-bond acceptors (Lipinski definition) is 9. The monoisotopic (exact) mass is 362 g/mol. The fraction of sp³-hybridized carbons (Fsp3) is 0.800. The Morgan fingerprint density at radius 1 is 1.20 bits per heavy atom. The van der Waals surface area contributed by atoms with Gasteiger partial charge in [-0.05, 0) is 13.3 Å². The first kappa shape index (κ1) is 20.2. The third-order valence-corrected chi connectivity index (χ3v) is 4.55. The van der Waals surface area contributed by atoms with Gasteiger partial charge in [0.2, 0.25) is 0 Å². The average Bonchev–Trinajstić information content (AvgIpc) is 3.07. The Balaban J connectivity index is 2.18. The third-order valence-electron chi connectivity index (χ3n) is 4.55. The molecule has 1 saturated carbocycles. The van der Waals surface area contributed by atoms with E-state index >= 15 is 0 Å². The number of imidazole rings is 1. The number of aromatic nitrogens is 2. The molecule has 1 aromatic heterocycles. The largest absolute Gasteiger partial charge is 0.396 e. The highest BCUT2D eigenvalue weighted by Crippen LogP contribution is 2.30. The molecule has 0 amide bonds. The second-order valence-electron chi connectivity index (χ2n) is 6.34. The normalized spacial score (nSPS) is 33.8. The smallest absolute Gasteiger partial charge is 0.158 e. The molecule has 8 atom stereocenters.